The van der Waals surface area contributed by atoms with E-state index in [0.717, 1.165) is 0 Å². The number of nitrogens with two attached hydrogens (primary N) is 1. The first-order chi connectivity index (χ1) is 6.65. The van der Waals surface area contributed by atoms with E-state index < -0.39 is 12.0 Å². The molecule has 0 aromatic heterocycles. The SMILES string of the molecule is NNC(Cc1ccccc1O)C(=O)O. The van der Waals surface area contributed by atoms with Crippen molar-refractivity contribution in [2.45, 2.75) is 12.5 Å². The molecular weight excluding hydrogens is 184 g/mol. The van der Waals surface area contributed by atoms with Crippen molar-refractivity contribution in [3.8, 4) is 5.75 Å². The standard InChI is InChI=1S/C9H12N2O3/c10-11-7(9(13)14)5-6-3-1-2-4-8(6)12/h1-4,7,11-12H,5,10H2,(H,13,14). The van der Waals surface area contributed by atoms with Gasteiger partial charge in [0.1, 0.15) is 11.8 Å². The molecule has 76 valence electrons. The molecule has 5 N–H and O–H groups in total. The van der Waals surface area contributed by atoms with Gasteiger partial charge in [0, 0.05) is 6.42 Å². The fourth-order valence-corrected chi connectivity index (χ4v) is 1.12. The summed E-state index contributed by atoms with van der Waals surface area (Å²) in [5.41, 5.74) is 2.72. The molecule has 0 heterocycles. The van der Waals surface area contributed by atoms with Crippen molar-refractivity contribution in [3.05, 3.63) is 29.8 Å². The summed E-state index contributed by atoms with van der Waals surface area (Å²) in [4.78, 5) is 10.6. The normalized spacial score (nSPS) is 12.4. The Morgan fingerprint density at radius 3 is 2.64 bits per heavy atom. The summed E-state index contributed by atoms with van der Waals surface area (Å²) in [5.74, 6) is 4.09. The number of carbonyl (C=O) groups is 1. The number of hydrazine groups is 1. The second-order valence-corrected chi connectivity index (χ2v) is 2.89. The molecule has 5 heteroatoms. The van der Waals surface area contributed by atoms with Gasteiger partial charge < -0.3 is 10.2 Å². The maximum absolute atomic E-state index is 10.6. The van der Waals surface area contributed by atoms with Crippen molar-refractivity contribution in [2.75, 3.05) is 0 Å². The Balaban J connectivity index is 2.77. The van der Waals surface area contributed by atoms with Crippen molar-refractivity contribution >= 4 is 5.97 Å². The predicted octanol–water partition coefficient (Wildman–Crippen LogP) is -0.149. The van der Waals surface area contributed by atoms with Crippen LogP contribution >= 0.6 is 0 Å². The highest BCUT2D eigenvalue weighted by Crippen LogP contribution is 2.17. The van der Waals surface area contributed by atoms with Crippen LogP contribution in [0.2, 0.25) is 0 Å². The lowest BCUT2D eigenvalue weighted by Crippen LogP contribution is -2.42. The number of benzene rings is 1. The topological polar surface area (TPSA) is 95.6 Å². The second-order valence-electron chi connectivity index (χ2n) is 2.89. The minimum Gasteiger partial charge on any atom is -0.508 e. The van der Waals surface area contributed by atoms with Crippen LogP contribution in [0.4, 0.5) is 0 Å². The summed E-state index contributed by atoms with van der Waals surface area (Å²) in [6.07, 6.45) is 0.151. The van der Waals surface area contributed by atoms with Gasteiger partial charge in [-0.25, -0.2) is 5.43 Å². The van der Waals surface area contributed by atoms with Crippen molar-refractivity contribution < 1.29 is 15.0 Å². The van der Waals surface area contributed by atoms with Crippen molar-refractivity contribution in [1.82, 2.24) is 5.43 Å². The fraction of sp³-hybridized carbons (Fsp3) is 0.222. The third-order valence-corrected chi connectivity index (χ3v) is 1.91. The maximum Gasteiger partial charge on any atom is 0.322 e. The lowest BCUT2D eigenvalue weighted by atomic mass is 10.1. The fourth-order valence-electron chi connectivity index (χ4n) is 1.12. The Morgan fingerprint density at radius 2 is 2.14 bits per heavy atom. The van der Waals surface area contributed by atoms with Gasteiger partial charge in [-0.1, -0.05) is 18.2 Å². The minimum absolute atomic E-state index is 0.0778. The Kier molecular flexibility index (Phi) is 3.44. The molecule has 0 saturated heterocycles. The van der Waals surface area contributed by atoms with E-state index in [0.29, 0.717) is 5.56 Å². The van der Waals surface area contributed by atoms with Crippen LogP contribution in [0.5, 0.6) is 5.75 Å². The van der Waals surface area contributed by atoms with Crippen LogP contribution in [0.25, 0.3) is 0 Å². The molecule has 1 atom stereocenters. The van der Waals surface area contributed by atoms with Gasteiger partial charge in [-0.05, 0) is 11.6 Å². The molecule has 0 radical (unpaired) electrons. The number of hydrogen-bond donors (Lipinski definition) is 4. The number of hydrogen-bond acceptors (Lipinski definition) is 4. The largest absolute Gasteiger partial charge is 0.508 e. The highest BCUT2D eigenvalue weighted by molar-refractivity contribution is 5.73. The molecule has 1 aromatic rings. The number of para-hydroxylation sites is 1. The zero-order valence-electron chi connectivity index (χ0n) is 7.47. The summed E-state index contributed by atoms with van der Waals surface area (Å²) in [6.45, 7) is 0. The molecule has 0 aliphatic heterocycles. The van der Waals surface area contributed by atoms with E-state index in [1.165, 1.54) is 6.07 Å². The molecule has 0 bridgehead atoms. The maximum atomic E-state index is 10.6. The molecule has 0 amide bonds. The van der Waals surface area contributed by atoms with Gasteiger partial charge in [-0.3, -0.25) is 10.6 Å². The van der Waals surface area contributed by atoms with Gasteiger partial charge >= 0.3 is 5.97 Å². The molecule has 14 heavy (non-hydrogen) atoms. The summed E-state index contributed by atoms with van der Waals surface area (Å²) in [7, 11) is 0. The van der Waals surface area contributed by atoms with Gasteiger partial charge in [0.15, 0.2) is 0 Å². The Bertz CT molecular complexity index is 328. The highest BCUT2D eigenvalue weighted by atomic mass is 16.4. The summed E-state index contributed by atoms with van der Waals surface area (Å²) >= 11 is 0. The zero-order chi connectivity index (χ0) is 10.6. The third-order valence-electron chi connectivity index (χ3n) is 1.91. The zero-order valence-corrected chi connectivity index (χ0v) is 7.47. The smallest absolute Gasteiger partial charge is 0.322 e. The number of carboxylic acids is 1. The van der Waals surface area contributed by atoms with E-state index in [2.05, 4.69) is 5.43 Å². The van der Waals surface area contributed by atoms with E-state index in [-0.39, 0.29) is 12.2 Å². The van der Waals surface area contributed by atoms with E-state index in [4.69, 9.17) is 10.9 Å². The summed E-state index contributed by atoms with van der Waals surface area (Å²) in [5, 5.41) is 18.1. The first kappa shape index (κ1) is 10.5. The quantitative estimate of drug-likeness (QED) is 0.397. The predicted molar refractivity (Wildman–Crippen MR) is 50.6 cm³/mol. The summed E-state index contributed by atoms with van der Waals surface area (Å²) in [6, 6.07) is 5.67. The van der Waals surface area contributed by atoms with E-state index in [1.807, 2.05) is 0 Å². The van der Waals surface area contributed by atoms with Crippen LogP contribution in [-0.2, 0) is 11.2 Å². The number of phenols is 1. The molecule has 0 spiro atoms. The number of aliphatic carboxylic acids is 1. The first-order valence-corrected chi connectivity index (χ1v) is 4.11. The van der Waals surface area contributed by atoms with Gasteiger partial charge in [0.05, 0.1) is 0 Å². The van der Waals surface area contributed by atoms with E-state index >= 15 is 0 Å². The number of phenolic OH excluding ortho intramolecular Hbond substituents is 1. The number of carboxylic acid groups (broad SMARTS) is 1. The monoisotopic (exact) mass is 196 g/mol. The van der Waals surface area contributed by atoms with Crippen LogP contribution in [0.15, 0.2) is 24.3 Å². The highest BCUT2D eigenvalue weighted by Gasteiger charge is 2.17. The number of aromatic hydroxyl groups is 1. The molecule has 1 unspecified atom stereocenters. The lowest BCUT2D eigenvalue weighted by molar-refractivity contribution is -0.139. The van der Waals surface area contributed by atoms with Crippen LogP contribution < -0.4 is 11.3 Å². The van der Waals surface area contributed by atoms with Crippen LogP contribution in [0, 0.1) is 0 Å². The Morgan fingerprint density at radius 1 is 1.50 bits per heavy atom. The van der Waals surface area contributed by atoms with Crippen LogP contribution in [-0.4, -0.2) is 22.2 Å². The van der Waals surface area contributed by atoms with E-state index in [1.54, 1.807) is 18.2 Å². The van der Waals surface area contributed by atoms with Crippen molar-refractivity contribution in [2.24, 2.45) is 5.84 Å². The van der Waals surface area contributed by atoms with Gasteiger partial charge in [-0.15, -0.1) is 0 Å². The Hall–Kier alpha value is -1.59. The average Bonchev–Trinajstić information content (AvgIpc) is 2.16. The second kappa shape index (κ2) is 4.59. The Labute approximate surface area is 81.1 Å². The molecule has 0 saturated carbocycles. The third kappa shape index (κ3) is 2.45. The molecule has 0 aliphatic rings. The van der Waals surface area contributed by atoms with Gasteiger partial charge in [0.25, 0.3) is 0 Å². The van der Waals surface area contributed by atoms with Crippen LogP contribution in [0.1, 0.15) is 5.56 Å². The number of rotatable bonds is 4. The molecule has 1 aromatic carbocycles. The van der Waals surface area contributed by atoms with Crippen LogP contribution in [0.3, 0.4) is 0 Å². The molecular formula is C9H12N2O3. The molecule has 5 nitrogen and oxygen atoms in total. The first-order valence-electron chi connectivity index (χ1n) is 4.11. The minimum atomic E-state index is -1.05. The van der Waals surface area contributed by atoms with Gasteiger partial charge in [0.2, 0.25) is 0 Å². The van der Waals surface area contributed by atoms with Gasteiger partial charge in [-0.2, -0.15) is 0 Å². The van der Waals surface area contributed by atoms with Crippen molar-refractivity contribution in [3.63, 3.8) is 0 Å². The van der Waals surface area contributed by atoms with E-state index in [9.17, 15) is 9.90 Å². The molecule has 0 aliphatic carbocycles. The molecule has 1 rings (SSSR count). The molecule has 0 fully saturated rings. The summed E-state index contributed by atoms with van der Waals surface area (Å²) < 4.78 is 0. The van der Waals surface area contributed by atoms with Crippen molar-refractivity contribution in [1.29, 1.82) is 0 Å². The average molecular weight is 196 g/mol. The lowest BCUT2D eigenvalue weighted by Gasteiger charge is -2.11. The number of nitrogens with one attached hydrogen (secondary N) is 1.